The second-order valence-electron chi connectivity index (χ2n) is 6.44. The van der Waals surface area contributed by atoms with Gasteiger partial charge in [-0.2, -0.15) is 0 Å². The lowest BCUT2D eigenvalue weighted by molar-refractivity contribution is -0.136. The van der Waals surface area contributed by atoms with Crippen molar-refractivity contribution in [3.05, 3.63) is 70.1 Å². The normalized spacial score (nSPS) is 15.1. The van der Waals surface area contributed by atoms with Crippen LogP contribution in [0.25, 0.3) is 6.08 Å². The SMILES string of the molecule is Cc1ccccc1/C=C1\SC(=O)N(CC(=O)Nc2ccc(CC(=O)O)cc2)C1=O. The third kappa shape index (κ3) is 5.11. The number of nitrogens with one attached hydrogen (secondary N) is 1. The molecule has 1 aliphatic rings. The zero-order valence-electron chi connectivity index (χ0n) is 15.5. The predicted molar refractivity (Wildman–Crippen MR) is 110 cm³/mol. The van der Waals surface area contributed by atoms with E-state index in [9.17, 15) is 19.2 Å². The quantitative estimate of drug-likeness (QED) is 0.708. The summed E-state index contributed by atoms with van der Waals surface area (Å²) in [6.45, 7) is 1.51. The molecule has 29 heavy (non-hydrogen) atoms. The fraction of sp³-hybridized carbons (Fsp3) is 0.143. The molecule has 0 radical (unpaired) electrons. The second kappa shape index (κ2) is 8.74. The molecule has 0 saturated carbocycles. The van der Waals surface area contributed by atoms with Crippen LogP contribution in [0, 0.1) is 6.92 Å². The zero-order chi connectivity index (χ0) is 21.0. The highest BCUT2D eigenvalue weighted by molar-refractivity contribution is 8.18. The number of aliphatic carboxylic acids is 1. The molecule has 3 rings (SSSR count). The number of hydrogen-bond acceptors (Lipinski definition) is 5. The Labute approximate surface area is 171 Å². The summed E-state index contributed by atoms with van der Waals surface area (Å²) >= 11 is 0.804. The molecular formula is C21H18N2O5S. The number of hydrogen-bond donors (Lipinski definition) is 2. The van der Waals surface area contributed by atoms with E-state index in [2.05, 4.69) is 5.32 Å². The van der Waals surface area contributed by atoms with Gasteiger partial charge in [-0.05, 0) is 53.6 Å². The second-order valence-corrected chi connectivity index (χ2v) is 7.43. The highest BCUT2D eigenvalue weighted by Gasteiger charge is 2.36. The lowest BCUT2D eigenvalue weighted by Gasteiger charge is -2.12. The van der Waals surface area contributed by atoms with Crippen LogP contribution in [-0.2, 0) is 20.8 Å². The topological polar surface area (TPSA) is 104 Å². The van der Waals surface area contributed by atoms with Crippen LogP contribution in [0.1, 0.15) is 16.7 Å². The van der Waals surface area contributed by atoms with Gasteiger partial charge >= 0.3 is 5.97 Å². The first kappa shape index (κ1) is 20.3. The first-order valence-corrected chi connectivity index (χ1v) is 9.57. The van der Waals surface area contributed by atoms with Crippen LogP contribution in [-0.4, -0.2) is 39.6 Å². The van der Waals surface area contributed by atoms with Crippen LogP contribution in [0.4, 0.5) is 10.5 Å². The molecule has 2 N–H and O–H groups in total. The van der Waals surface area contributed by atoms with Crippen molar-refractivity contribution in [1.82, 2.24) is 4.90 Å². The molecule has 7 nitrogen and oxygen atoms in total. The average Bonchev–Trinajstić information content (AvgIpc) is 2.92. The van der Waals surface area contributed by atoms with E-state index >= 15 is 0 Å². The van der Waals surface area contributed by atoms with Crippen molar-refractivity contribution in [1.29, 1.82) is 0 Å². The van der Waals surface area contributed by atoms with Crippen molar-refractivity contribution >= 4 is 46.5 Å². The van der Waals surface area contributed by atoms with Crippen LogP contribution < -0.4 is 5.32 Å². The van der Waals surface area contributed by atoms with Crippen LogP contribution in [0.5, 0.6) is 0 Å². The van der Waals surface area contributed by atoms with Crippen LogP contribution in [0.2, 0.25) is 0 Å². The molecule has 1 fully saturated rings. The van der Waals surface area contributed by atoms with Gasteiger partial charge in [0.25, 0.3) is 11.1 Å². The van der Waals surface area contributed by atoms with E-state index < -0.39 is 29.6 Å². The number of amides is 3. The standard InChI is InChI=1S/C21H18N2O5S/c1-13-4-2-3-5-15(13)11-17-20(27)23(21(28)29-17)12-18(24)22-16-8-6-14(7-9-16)10-19(25)26/h2-9,11H,10,12H2,1H3,(H,22,24)(H,25,26)/b17-11-. The summed E-state index contributed by atoms with van der Waals surface area (Å²) in [5.74, 6) is -1.97. The van der Waals surface area contributed by atoms with E-state index in [-0.39, 0.29) is 11.3 Å². The summed E-state index contributed by atoms with van der Waals surface area (Å²) in [5, 5.41) is 10.9. The van der Waals surface area contributed by atoms with Gasteiger partial charge < -0.3 is 10.4 Å². The Balaban J connectivity index is 1.64. The maximum atomic E-state index is 12.5. The molecule has 0 aromatic heterocycles. The molecule has 0 atom stereocenters. The molecular weight excluding hydrogens is 392 g/mol. The summed E-state index contributed by atoms with van der Waals surface area (Å²) in [6.07, 6.45) is 1.54. The predicted octanol–water partition coefficient (Wildman–Crippen LogP) is 3.30. The van der Waals surface area contributed by atoms with Gasteiger partial charge in [0.1, 0.15) is 6.54 Å². The minimum atomic E-state index is -0.945. The van der Waals surface area contributed by atoms with Gasteiger partial charge in [-0.25, -0.2) is 0 Å². The monoisotopic (exact) mass is 410 g/mol. The van der Waals surface area contributed by atoms with Crippen LogP contribution >= 0.6 is 11.8 Å². The van der Waals surface area contributed by atoms with Gasteiger partial charge in [0, 0.05) is 5.69 Å². The smallest absolute Gasteiger partial charge is 0.307 e. The maximum absolute atomic E-state index is 12.5. The van der Waals surface area contributed by atoms with E-state index in [4.69, 9.17) is 5.11 Å². The first-order chi connectivity index (χ1) is 13.8. The number of carboxylic acids is 1. The van der Waals surface area contributed by atoms with Gasteiger partial charge in [-0.3, -0.25) is 24.1 Å². The minimum absolute atomic E-state index is 0.113. The third-order valence-electron chi connectivity index (χ3n) is 4.24. The fourth-order valence-electron chi connectivity index (χ4n) is 2.75. The molecule has 8 heteroatoms. The molecule has 2 aromatic rings. The zero-order valence-corrected chi connectivity index (χ0v) is 16.4. The van der Waals surface area contributed by atoms with E-state index in [1.807, 2.05) is 31.2 Å². The number of carbonyl (C=O) groups is 4. The Hall–Kier alpha value is -3.39. The Morgan fingerprint density at radius 2 is 1.79 bits per heavy atom. The number of carbonyl (C=O) groups excluding carboxylic acids is 3. The number of benzene rings is 2. The number of carboxylic acid groups (broad SMARTS) is 1. The summed E-state index contributed by atoms with van der Waals surface area (Å²) in [6, 6.07) is 13.8. The average molecular weight is 410 g/mol. The Morgan fingerprint density at radius 1 is 1.10 bits per heavy atom. The molecule has 1 aliphatic heterocycles. The minimum Gasteiger partial charge on any atom is -0.481 e. The number of thioether (sulfide) groups is 1. The van der Waals surface area contributed by atoms with Crippen molar-refractivity contribution in [2.45, 2.75) is 13.3 Å². The number of anilines is 1. The fourth-order valence-corrected chi connectivity index (χ4v) is 3.58. The van der Waals surface area contributed by atoms with Gasteiger partial charge in [0.15, 0.2) is 0 Å². The first-order valence-electron chi connectivity index (χ1n) is 8.75. The summed E-state index contributed by atoms with van der Waals surface area (Å²) in [7, 11) is 0. The van der Waals surface area contributed by atoms with Crippen molar-refractivity contribution in [2.24, 2.45) is 0 Å². The van der Waals surface area contributed by atoms with Crippen molar-refractivity contribution in [2.75, 3.05) is 11.9 Å². The number of imide groups is 1. The molecule has 148 valence electrons. The molecule has 0 unspecified atom stereocenters. The van der Waals surface area contributed by atoms with Gasteiger partial charge in [-0.1, -0.05) is 36.4 Å². The lowest BCUT2D eigenvalue weighted by atomic mass is 10.1. The van der Waals surface area contributed by atoms with Gasteiger partial charge in [0.2, 0.25) is 5.91 Å². The van der Waals surface area contributed by atoms with E-state index in [0.717, 1.165) is 27.8 Å². The molecule has 2 aromatic carbocycles. The van der Waals surface area contributed by atoms with E-state index in [1.54, 1.807) is 30.3 Å². The Bertz CT molecular complexity index is 1010. The molecule has 3 amide bonds. The van der Waals surface area contributed by atoms with E-state index in [1.165, 1.54) is 0 Å². The van der Waals surface area contributed by atoms with Gasteiger partial charge in [-0.15, -0.1) is 0 Å². The van der Waals surface area contributed by atoms with Gasteiger partial charge in [0.05, 0.1) is 11.3 Å². The largest absolute Gasteiger partial charge is 0.481 e. The molecule has 0 aliphatic carbocycles. The maximum Gasteiger partial charge on any atom is 0.307 e. The summed E-state index contributed by atoms with van der Waals surface area (Å²) in [5.41, 5.74) is 2.86. The molecule has 0 spiro atoms. The van der Waals surface area contributed by atoms with Crippen molar-refractivity contribution in [3.8, 4) is 0 Å². The van der Waals surface area contributed by atoms with Crippen LogP contribution in [0.15, 0.2) is 53.4 Å². The highest BCUT2D eigenvalue weighted by Crippen LogP contribution is 2.32. The molecule has 1 saturated heterocycles. The highest BCUT2D eigenvalue weighted by atomic mass is 32.2. The Kier molecular flexibility index (Phi) is 6.13. The lowest BCUT2D eigenvalue weighted by Crippen LogP contribution is -2.36. The van der Waals surface area contributed by atoms with Crippen molar-refractivity contribution < 1.29 is 24.3 Å². The number of aryl methyl sites for hydroxylation is 1. The molecule has 0 bridgehead atoms. The van der Waals surface area contributed by atoms with Crippen LogP contribution in [0.3, 0.4) is 0 Å². The number of nitrogens with zero attached hydrogens (tertiary/aromatic N) is 1. The summed E-state index contributed by atoms with van der Waals surface area (Å²) in [4.78, 5) is 48.9. The van der Waals surface area contributed by atoms with Crippen molar-refractivity contribution in [3.63, 3.8) is 0 Å². The number of rotatable bonds is 6. The Morgan fingerprint density at radius 3 is 2.45 bits per heavy atom. The summed E-state index contributed by atoms with van der Waals surface area (Å²) < 4.78 is 0. The third-order valence-corrected chi connectivity index (χ3v) is 5.15. The molecule has 1 heterocycles. The van der Waals surface area contributed by atoms with E-state index in [0.29, 0.717) is 11.3 Å².